The summed E-state index contributed by atoms with van der Waals surface area (Å²) in [4.78, 5) is 0. The summed E-state index contributed by atoms with van der Waals surface area (Å²) in [5.41, 5.74) is 11.5. The lowest BCUT2D eigenvalue weighted by Crippen LogP contribution is -1.85. The van der Waals surface area contributed by atoms with E-state index in [4.69, 9.17) is 33.3 Å². The van der Waals surface area contributed by atoms with E-state index in [0.717, 1.165) is 0 Å². The second kappa shape index (κ2) is 5.86. The Morgan fingerprint density at radius 2 is 1.47 bits per heavy atom. The highest BCUT2D eigenvalue weighted by Crippen LogP contribution is 2.26. The standard InChI is InChI=1S/C6H6ClNO.C6H7NO/c7-4-2-1-3-5(9)6(4)8;7-5-1-3-6(8)4-2-5/h1-3,9H,8H2;1-4,8H,7H2. The summed E-state index contributed by atoms with van der Waals surface area (Å²) in [5, 5.41) is 18.0. The van der Waals surface area contributed by atoms with Gasteiger partial charge in [-0.05, 0) is 36.4 Å². The molecule has 0 aliphatic carbocycles. The molecule has 0 aliphatic heterocycles. The van der Waals surface area contributed by atoms with E-state index in [9.17, 15) is 0 Å². The van der Waals surface area contributed by atoms with Gasteiger partial charge in [-0.3, -0.25) is 0 Å². The van der Waals surface area contributed by atoms with E-state index in [0.29, 0.717) is 10.7 Å². The van der Waals surface area contributed by atoms with Gasteiger partial charge < -0.3 is 21.7 Å². The largest absolute Gasteiger partial charge is 0.508 e. The minimum Gasteiger partial charge on any atom is -0.508 e. The van der Waals surface area contributed by atoms with Crippen LogP contribution in [-0.4, -0.2) is 10.2 Å². The van der Waals surface area contributed by atoms with E-state index >= 15 is 0 Å². The summed E-state index contributed by atoms with van der Waals surface area (Å²) < 4.78 is 0. The molecule has 0 aliphatic rings. The van der Waals surface area contributed by atoms with E-state index in [-0.39, 0.29) is 17.2 Å². The number of aromatic hydroxyl groups is 2. The fourth-order valence-electron chi connectivity index (χ4n) is 1.000. The van der Waals surface area contributed by atoms with Crippen LogP contribution in [0.15, 0.2) is 42.5 Å². The number of phenols is 2. The van der Waals surface area contributed by atoms with Crippen LogP contribution in [0.3, 0.4) is 0 Å². The van der Waals surface area contributed by atoms with Crippen LogP contribution in [0.5, 0.6) is 11.5 Å². The fourth-order valence-corrected chi connectivity index (χ4v) is 1.17. The third-order valence-electron chi connectivity index (χ3n) is 1.92. The van der Waals surface area contributed by atoms with Crippen LogP contribution < -0.4 is 11.5 Å². The van der Waals surface area contributed by atoms with Gasteiger partial charge in [0, 0.05) is 5.69 Å². The molecule has 2 aromatic rings. The van der Waals surface area contributed by atoms with Crippen molar-refractivity contribution in [2.24, 2.45) is 0 Å². The Labute approximate surface area is 104 Å². The van der Waals surface area contributed by atoms with Gasteiger partial charge in [-0.1, -0.05) is 17.7 Å². The first-order valence-corrected chi connectivity index (χ1v) is 5.16. The predicted molar refractivity (Wildman–Crippen MR) is 70.0 cm³/mol. The maximum atomic E-state index is 8.89. The van der Waals surface area contributed by atoms with Crippen molar-refractivity contribution in [1.82, 2.24) is 0 Å². The molecule has 5 heteroatoms. The predicted octanol–water partition coefficient (Wildman–Crippen LogP) is 2.60. The Kier molecular flexibility index (Phi) is 4.48. The highest BCUT2D eigenvalue weighted by Gasteiger charge is 1.97. The molecule has 17 heavy (non-hydrogen) atoms. The highest BCUT2D eigenvalue weighted by atomic mass is 35.5. The molecule has 0 atom stereocenters. The molecule has 0 saturated carbocycles. The van der Waals surface area contributed by atoms with Crippen molar-refractivity contribution >= 4 is 23.0 Å². The fraction of sp³-hybridized carbons (Fsp3) is 0. The molecule has 0 heterocycles. The summed E-state index contributed by atoms with van der Waals surface area (Å²) in [7, 11) is 0. The monoisotopic (exact) mass is 252 g/mol. The van der Waals surface area contributed by atoms with Crippen LogP contribution in [-0.2, 0) is 0 Å². The molecule has 2 rings (SSSR count). The van der Waals surface area contributed by atoms with Crippen LogP contribution in [0.4, 0.5) is 11.4 Å². The van der Waals surface area contributed by atoms with Gasteiger partial charge in [0.25, 0.3) is 0 Å². The van der Waals surface area contributed by atoms with Crippen LogP contribution >= 0.6 is 11.6 Å². The van der Waals surface area contributed by atoms with Gasteiger partial charge >= 0.3 is 0 Å². The summed E-state index contributed by atoms with van der Waals surface area (Å²) >= 11 is 5.53. The molecule has 0 unspecified atom stereocenters. The molecule has 0 saturated heterocycles. The van der Waals surface area contributed by atoms with Crippen molar-refractivity contribution in [3.63, 3.8) is 0 Å². The lowest BCUT2D eigenvalue weighted by Gasteiger charge is -1.97. The third kappa shape index (κ3) is 4.12. The number of benzene rings is 2. The molecule has 4 nitrogen and oxygen atoms in total. The zero-order chi connectivity index (χ0) is 12.8. The lowest BCUT2D eigenvalue weighted by atomic mass is 10.3. The average molecular weight is 253 g/mol. The normalized spacial score (nSPS) is 9.24. The number of anilines is 2. The molecule has 6 N–H and O–H groups in total. The molecule has 2 aromatic carbocycles. The first-order valence-electron chi connectivity index (χ1n) is 4.78. The quantitative estimate of drug-likeness (QED) is 0.329. The van der Waals surface area contributed by atoms with Crippen LogP contribution in [0.1, 0.15) is 0 Å². The molecule has 0 spiro atoms. The van der Waals surface area contributed by atoms with E-state index in [1.165, 1.54) is 6.07 Å². The van der Waals surface area contributed by atoms with Gasteiger partial charge in [-0.2, -0.15) is 0 Å². The van der Waals surface area contributed by atoms with Gasteiger partial charge in [0.15, 0.2) is 0 Å². The Balaban J connectivity index is 0.000000171. The average Bonchev–Trinajstić information content (AvgIpc) is 2.31. The minimum absolute atomic E-state index is 0.0301. The van der Waals surface area contributed by atoms with Crippen molar-refractivity contribution in [3.05, 3.63) is 47.5 Å². The maximum Gasteiger partial charge on any atom is 0.140 e. The first kappa shape index (κ1) is 13.0. The highest BCUT2D eigenvalue weighted by molar-refractivity contribution is 6.33. The number of nitrogens with two attached hydrogens (primary N) is 2. The van der Waals surface area contributed by atoms with Gasteiger partial charge in [-0.25, -0.2) is 0 Å². The Morgan fingerprint density at radius 1 is 0.882 bits per heavy atom. The van der Waals surface area contributed by atoms with Crippen LogP contribution in [0.2, 0.25) is 5.02 Å². The number of halogens is 1. The Morgan fingerprint density at radius 3 is 1.88 bits per heavy atom. The number of phenolic OH excluding ortho intramolecular Hbond substituents is 2. The first-order chi connectivity index (χ1) is 8.00. The molecule has 0 fully saturated rings. The van der Waals surface area contributed by atoms with Crippen LogP contribution in [0.25, 0.3) is 0 Å². The van der Waals surface area contributed by atoms with Crippen LogP contribution in [0, 0.1) is 0 Å². The number of nitrogen functional groups attached to an aromatic ring is 2. The number of hydrogen-bond acceptors (Lipinski definition) is 4. The molecular weight excluding hydrogens is 240 g/mol. The van der Waals surface area contributed by atoms with Crippen molar-refractivity contribution in [1.29, 1.82) is 0 Å². The van der Waals surface area contributed by atoms with Crippen molar-refractivity contribution in [2.75, 3.05) is 11.5 Å². The maximum absolute atomic E-state index is 8.89. The number of rotatable bonds is 0. The van der Waals surface area contributed by atoms with Gasteiger partial charge in [0.2, 0.25) is 0 Å². The Hall–Kier alpha value is -2.07. The van der Waals surface area contributed by atoms with E-state index in [1.807, 2.05) is 0 Å². The number of para-hydroxylation sites is 1. The number of hydrogen-bond donors (Lipinski definition) is 4. The van der Waals surface area contributed by atoms with Crippen molar-refractivity contribution in [3.8, 4) is 11.5 Å². The molecule has 90 valence electrons. The van der Waals surface area contributed by atoms with E-state index in [2.05, 4.69) is 0 Å². The third-order valence-corrected chi connectivity index (χ3v) is 2.25. The molecule has 0 bridgehead atoms. The summed E-state index contributed by atoms with van der Waals surface area (Å²) in [6.07, 6.45) is 0. The van der Waals surface area contributed by atoms with Crippen molar-refractivity contribution < 1.29 is 10.2 Å². The second-order valence-corrected chi connectivity index (χ2v) is 3.67. The summed E-state index contributed by atoms with van der Waals surface area (Å²) in [5.74, 6) is 0.279. The van der Waals surface area contributed by atoms with E-state index in [1.54, 1.807) is 36.4 Å². The Bertz CT molecular complexity index is 445. The van der Waals surface area contributed by atoms with E-state index < -0.39 is 0 Å². The lowest BCUT2D eigenvalue weighted by molar-refractivity contribution is 0.475. The van der Waals surface area contributed by atoms with Gasteiger partial charge in [-0.15, -0.1) is 0 Å². The zero-order valence-corrected chi connectivity index (χ0v) is 9.72. The minimum atomic E-state index is 0.0301. The molecule has 0 amide bonds. The second-order valence-electron chi connectivity index (χ2n) is 3.26. The van der Waals surface area contributed by atoms with Gasteiger partial charge in [0.05, 0.1) is 10.7 Å². The molecule has 0 radical (unpaired) electrons. The topological polar surface area (TPSA) is 92.5 Å². The van der Waals surface area contributed by atoms with Gasteiger partial charge in [0.1, 0.15) is 11.5 Å². The zero-order valence-electron chi connectivity index (χ0n) is 8.97. The SMILES string of the molecule is Nc1c(O)cccc1Cl.Nc1ccc(O)cc1. The smallest absolute Gasteiger partial charge is 0.140 e. The molecular formula is C12H13ClN2O2. The molecule has 0 aromatic heterocycles. The summed E-state index contributed by atoms with van der Waals surface area (Å²) in [6.45, 7) is 0. The van der Waals surface area contributed by atoms with Crippen molar-refractivity contribution in [2.45, 2.75) is 0 Å². The summed E-state index contributed by atoms with van der Waals surface area (Å²) in [6, 6.07) is 11.1.